The zero-order chi connectivity index (χ0) is 18.8. The predicted octanol–water partition coefficient (Wildman–Crippen LogP) is 1.77. The van der Waals surface area contributed by atoms with Gasteiger partial charge in [0.25, 0.3) is 17.5 Å². The van der Waals surface area contributed by atoms with Gasteiger partial charge in [0, 0.05) is 11.8 Å². The number of nitro benzene ring substituents is 1. The second-order valence-electron chi connectivity index (χ2n) is 5.32. The van der Waals surface area contributed by atoms with Gasteiger partial charge in [-0.05, 0) is 24.3 Å². The van der Waals surface area contributed by atoms with Crippen LogP contribution in [-0.4, -0.2) is 27.8 Å². The first-order valence-corrected chi connectivity index (χ1v) is 7.32. The van der Waals surface area contributed by atoms with Gasteiger partial charge in [-0.25, -0.2) is 4.79 Å². The molecule has 1 aliphatic rings. The molecule has 2 amide bonds. The first-order valence-electron chi connectivity index (χ1n) is 7.32. The van der Waals surface area contributed by atoms with E-state index in [2.05, 4.69) is 10.6 Å². The molecule has 0 aromatic heterocycles. The first-order chi connectivity index (χ1) is 12.4. The minimum atomic E-state index is -1.16. The van der Waals surface area contributed by atoms with Crippen molar-refractivity contribution in [3.8, 4) is 0 Å². The van der Waals surface area contributed by atoms with Crippen LogP contribution in [0, 0.1) is 10.1 Å². The molecule has 3 rings (SSSR count). The van der Waals surface area contributed by atoms with E-state index in [1.54, 1.807) is 0 Å². The maximum absolute atomic E-state index is 12.2. The summed E-state index contributed by atoms with van der Waals surface area (Å²) >= 11 is 0. The molecule has 2 aromatic carbocycles. The summed E-state index contributed by atoms with van der Waals surface area (Å²) in [5.41, 5.74) is -0.480. The minimum Gasteiger partial charge on any atom is -0.478 e. The molecule has 3 N–H and O–H groups in total. The highest BCUT2D eigenvalue weighted by molar-refractivity contribution is 6.37. The average Bonchev–Trinajstić information content (AvgIpc) is 2.88. The molecule has 0 radical (unpaired) electrons. The van der Waals surface area contributed by atoms with Crippen LogP contribution in [-0.2, 0) is 9.59 Å². The molecule has 130 valence electrons. The molecule has 0 bridgehead atoms. The van der Waals surface area contributed by atoms with Crippen molar-refractivity contribution < 1.29 is 24.4 Å². The standard InChI is InChI=1S/C17H11N3O6/c21-15-13(11-6-1-2-7-12(11)20(25)26)14(16(22)19-15)18-10-5-3-4-9(8-10)17(23)24/h1-8H,(H,23,24)(H2,18,19,21,22). The quantitative estimate of drug-likeness (QED) is 0.423. The summed E-state index contributed by atoms with van der Waals surface area (Å²) < 4.78 is 0. The van der Waals surface area contributed by atoms with E-state index in [1.807, 2.05) is 0 Å². The molecule has 1 heterocycles. The van der Waals surface area contributed by atoms with Gasteiger partial charge in [-0.2, -0.15) is 0 Å². The van der Waals surface area contributed by atoms with Crippen molar-refractivity contribution in [1.82, 2.24) is 5.32 Å². The summed E-state index contributed by atoms with van der Waals surface area (Å²) in [7, 11) is 0. The van der Waals surface area contributed by atoms with Crippen molar-refractivity contribution in [2.45, 2.75) is 0 Å². The third kappa shape index (κ3) is 3.00. The molecule has 0 fully saturated rings. The van der Waals surface area contributed by atoms with Crippen molar-refractivity contribution >= 4 is 34.7 Å². The van der Waals surface area contributed by atoms with Crippen LogP contribution in [0.15, 0.2) is 54.2 Å². The molecule has 1 aliphatic heterocycles. The molecule has 9 nitrogen and oxygen atoms in total. The van der Waals surface area contributed by atoms with E-state index >= 15 is 0 Å². The number of hydrogen-bond acceptors (Lipinski definition) is 6. The van der Waals surface area contributed by atoms with Gasteiger partial charge < -0.3 is 10.4 Å². The summed E-state index contributed by atoms with van der Waals surface area (Å²) in [6, 6.07) is 11.2. The van der Waals surface area contributed by atoms with Crippen LogP contribution in [0.1, 0.15) is 15.9 Å². The summed E-state index contributed by atoms with van der Waals surface area (Å²) in [5, 5.41) is 25.1. The number of anilines is 1. The van der Waals surface area contributed by atoms with Crippen LogP contribution >= 0.6 is 0 Å². The molecule has 2 aromatic rings. The van der Waals surface area contributed by atoms with Gasteiger partial charge in [0.15, 0.2) is 0 Å². The van der Waals surface area contributed by atoms with Crippen molar-refractivity contribution in [2.24, 2.45) is 0 Å². The van der Waals surface area contributed by atoms with Crippen molar-refractivity contribution in [1.29, 1.82) is 0 Å². The molecular formula is C17H11N3O6. The number of para-hydroxylation sites is 1. The Morgan fingerprint density at radius 2 is 1.81 bits per heavy atom. The van der Waals surface area contributed by atoms with E-state index in [-0.39, 0.29) is 33.8 Å². The van der Waals surface area contributed by atoms with Crippen LogP contribution in [0.25, 0.3) is 5.57 Å². The summed E-state index contributed by atoms with van der Waals surface area (Å²) in [6.45, 7) is 0. The minimum absolute atomic E-state index is 0.0160. The van der Waals surface area contributed by atoms with Gasteiger partial charge in [0.2, 0.25) is 0 Å². The van der Waals surface area contributed by atoms with Crippen LogP contribution in [0.5, 0.6) is 0 Å². The zero-order valence-electron chi connectivity index (χ0n) is 13.1. The van der Waals surface area contributed by atoms with Gasteiger partial charge in [-0.1, -0.05) is 18.2 Å². The number of carbonyl (C=O) groups excluding carboxylic acids is 2. The Bertz CT molecular complexity index is 995. The maximum Gasteiger partial charge on any atom is 0.335 e. The Morgan fingerprint density at radius 3 is 2.50 bits per heavy atom. The number of aromatic carboxylic acids is 1. The molecule has 0 atom stereocenters. The number of nitrogens with one attached hydrogen (secondary N) is 2. The molecule has 0 aliphatic carbocycles. The van der Waals surface area contributed by atoms with E-state index < -0.39 is 22.7 Å². The highest BCUT2D eigenvalue weighted by Crippen LogP contribution is 2.31. The van der Waals surface area contributed by atoms with Crippen molar-refractivity contribution in [3.05, 3.63) is 75.5 Å². The highest BCUT2D eigenvalue weighted by Gasteiger charge is 2.35. The number of nitrogens with zero attached hydrogens (tertiary/aromatic N) is 1. The van der Waals surface area contributed by atoms with E-state index in [4.69, 9.17) is 5.11 Å². The van der Waals surface area contributed by atoms with Gasteiger partial charge in [-0.15, -0.1) is 0 Å². The van der Waals surface area contributed by atoms with Crippen LogP contribution in [0.3, 0.4) is 0 Å². The SMILES string of the molecule is O=C1NC(=O)C(c2ccccc2[N+](=O)[O-])=C1Nc1cccc(C(=O)O)c1. The van der Waals surface area contributed by atoms with Gasteiger partial charge in [0.05, 0.1) is 21.6 Å². The van der Waals surface area contributed by atoms with E-state index in [0.29, 0.717) is 0 Å². The number of carboxylic acid groups (broad SMARTS) is 1. The van der Waals surface area contributed by atoms with Crippen molar-refractivity contribution in [3.63, 3.8) is 0 Å². The molecule has 0 spiro atoms. The fraction of sp³-hybridized carbons (Fsp3) is 0. The van der Waals surface area contributed by atoms with Crippen LogP contribution in [0.2, 0.25) is 0 Å². The molecule has 26 heavy (non-hydrogen) atoms. The van der Waals surface area contributed by atoms with Crippen molar-refractivity contribution in [2.75, 3.05) is 5.32 Å². The second-order valence-corrected chi connectivity index (χ2v) is 5.32. The largest absolute Gasteiger partial charge is 0.478 e. The lowest BCUT2D eigenvalue weighted by atomic mass is 10.0. The fourth-order valence-electron chi connectivity index (χ4n) is 2.55. The number of benzene rings is 2. The molecule has 0 unspecified atom stereocenters. The Balaban J connectivity index is 2.12. The van der Waals surface area contributed by atoms with Gasteiger partial charge in [0.1, 0.15) is 5.70 Å². The lowest BCUT2D eigenvalue weighted by Crippen LogP contribution is -2.24. The maximum atomic E-state index is 12.2. The number of hydrogen-bond donors (Lipinski definition) is 3. The summed E-state index contributed by atoms with van der Waals surface area (Å²) in [6.07, 6.45) is 0. The molecular weight excluding hydrogens is 342 g/mol. The summed E-state index contributed by atoms with van der Waals surface area (Å²) in [4.78, 5) is 46.0. The molecule has 0 saturated heterocycles. The normalized spacial score (nSPS) is 13.5. The lowest BCUT2D eigenvalue weighted by Gasteiger charge is -2.09. The number of nitro groups is 1. The molecule has 0 saturated carbocycles. The predicted molar refractivity (Wildman–Crippen MR) is 90.2 cm³/mol. The average molecular weight is 353 g/mol. The number of rotatable bonds is 5. The topological polar surface area (TPSA) is 139 Å². The van der Waals surface area contributed by atoms with Crippen LogP contribution < -0.4 is 10.6 Å². The lowest BCUT2D eigenvalue weighted by molar-refractivity contribution is -0.385. The van der Waals surface area contributed by atoms with Crippen LogP contribution in [0.4, 0.5) is 11.4 Å². The number of carboxylic acids is 1. The summed E-state index contributed by atoms with van der Waals surface area (Å²) in [5.74, 6) is -2.70. The third-order valence-corrected chi connectivity index (χ3v) is 3.68. The van der Waals surface area contributed by atoms with Gasteiger partial charge in [-0.3, -0.25) is 25.0 Å². The zero-order valence-corrected chi connectivity index (χ0v) is 13.1. The van der Waals surface area contributed by atoms with E-state index in [0.717, 1.165) is 0 Å². The highest BCUT2D eigenvalue weighted by atomic mass is 16.6. The smallest absolute Gasteiger partial charge is 0.335 e. The Hall–Kier alpha value is -4.01. The number of amides is 2. The third-order valence-electron chi connectivity index (χ3n) is 3.68. The molecule has 9 heteroatoms. The Labute approximate surface area is 146 Å². The van der Waals surface area contributed by atoms with E-state index in [1.165, 1.54) is 48.5 Å². The Kier molecular flexibility index (Phi) is 4.19. The number of imide groups is 1. The van der Waals surface area contributed by atoms with Gasteiger partial charge >= 0.3 is 5.97 Å². The van der Waals surface area contributed by atoms with E-state index in [9.17, 15) is 24.5 Å². The second kappa shape index (κ2) is 6.48. The fourth-order valence-corrected chi connectivity index (χ4v) is 2.55. The first kappa shape index (κ1) is 16.8. The number of carbonyl (C=O) groups is 3. The monoisotopic (exact) mass is 353 g/mol. The Morgan fingerprint density at radius 1 is 1.08 bits per heavy atom.